The van der Waals surface area contributed by atoms with E-state index in [0.717, 1.165) is 32.4 Å². The molecule has 1 saturated carbocycles. The molecule has 0 bridgehead atoms. The average molecular weight is 254 g/mol. The molecule has 0 radical (unpaired) electrons. The van der Waals surface area contributed by atoms with Gasteiger partial charge in [0.25, 0.3) is 0 Å². The number of carbonyl (C=O) groups is 2. The van der Waals surface area contributed by atoms with Gasteiger partial charge < -0.3 is 14.9 Å². The first-order valence-electron chi connectivity index (χ1n) is 6.68. The SMILES string of the molecule is CN(C)C1CCN(C(=O)C2CCCC2C(=O)O)C1. The summed E-state index contributed by atoms with van der Waals surface area (Å²) in [6.45, 7) is 1.51. The fourth-order valence-corrected chi connectivity index (χ4v) is 3.15. The molecule has 102 valence electrons. The molecule has 18 heavy (non-hydrogen) atoms. The van der Waals surface area contributed by atoms with Crippen molar-refractivity contribution in [3.8, 4) is 0 Å². The van der Waals surface area contributed by atoms with E-state index in [4.69, 9.17) is 5.11 Å². The smallest absolute Gasteiger partial charge is 0.307 e. The molecule has 2 rings (SSSR count). The van der Waals surface area contributed by atoms with Crippen molar-refractivity contribution in [3.05, 3.63) is 0 Å². The third kappa shape index (κ3) is 2.51. The van der Waals surface area contributed by atoms with Crippen molar-refractivity contribution in [1.82, 2.24) is 9.80 Å². The fraction of sp³-hybridized carbons (Fsp3) is 0.846. The van der Waals surface area contributed by atoms with Crippen LogP contribution in [0.25, 0.3) is 0 Å². The summed E-state index contributed by atoms with van der Waals surface area (Å²) in [4.78, 5) is 27.5. The molecule has 2 fully saturated rings. The number of likely N-dealkylation sites (tertiary alicyclic amines) is 1. The Morgan fingerprint density at radius 2 is 1.83 bits per heavy atom. The first-order valence-corrected chi connectivity index (χ1v) is 6.68. The topological polar surface area (TPSA) is 60.9 Å². The van der Waals surface area contributed by atoms with Crippen LogP contribution in [0.5, 0.6) is 0 Å². The van der Waals surface area contributed by atoms with Gasteiger partial charge in [-0.2, -0.15) is 0 Å². The first-order chi connectivity index (χ1) is 8.50. The lowest BCUT2D eigenvalue weighted by Gasteiger charge is -2.24. The van der Waals surface area contributed by atoms with E-state index in [1.807, 2.05) is 19.0 Å². The summed E-state index contributed by atoms with van der Waals surface area (Å²) in [5, 5.41) is 9.14. The molecule has 5 heteroatoms. The minimum atomic E-state index is -0.811. The van der Waals surface area contributed by atoms with E-state index in [9.17, 15) is 9.59 Å². The van der Waals surface area contributed by atoms with Crippen LogP contribution in [0.3, 0.4) is 0 Å². The lowest BCUT2D eigenvalue weighted by Crippen LogP contribution is -2.40. The van der Waals surface area contributed by atoms with E-state index in [1.54, 1.807) is 0 Å². The van der Waals surface area contributed by atoms with Gasteiger partial charge in [-0.05, 0) is 33.4 Å². The molecule has 1 amide bonds. The van der Waals surface area contributed by atoms with Crippen LogP contribution in [-0.2, 0) is 9.59 Å². The second kappa shape index (κ2) is 5.26. The van der Waals surface area contributed by atoms with Gasteiger partial charge in [-0.1, -0.05) is 6.42 Å². The molecule has 1 saturated heterocycles. The summed E-state index contributed by atoms with van der Waals surface area (Å²) >= 11 is 0. The van der Waals surface area contributed by atoms with E-state index in [1.165, 1.54) is 0 Å². The van der Waals surface area contributed by atoms with Crippen LogP contribution in [0.2, 0.25) is 0 Å². The minimum Gasteiger partial charge on any atom is -0.481 e. The molecular formula is C13H22N2O3. The van der Waals surface area contributed by atoms with Crippen LogP contribution in [-0.4, -0.2) is 60.0 Å². The number of rotatable bonds is 3. The molecule has 5 nitrogen and oxygen atoms in total. The maximum atomic E-state index is 12.4. The predicted octanol–water partition coefficient (Wildman–Crippen LogP) is 0.650. The van der Waals surface area contributed by atoms with Crippen LogP contribution in [0.15, 0.2) is 0 Å². The van der Waals surface area contributed by atoms with Gasteiger partial charge >= 0.3 is 5.97 Å². The van der Waals surface area contributed by atoms with E-state index < -0.39 is 11.9 Å². The molecule has 0 aromatic rings. The van der Waals surface area contributed by atoms with Crippen molar-refractivity contribution in [2.75, 3.05) is 27.2 Å². The maximum Gasteiger partial charge on any atom is 0.307 e. The monoisotopic (exact) mass is 254 g/mol. The van der Waals surface area contributed by atoms with Gasteiger partial charge in [0, 0.05) is 19.1 Å². The van der Waals surface area contributed by atoms with Crippen molar-refractivity contribution in [2.45, 2.75) is 31.7 Å². The molecule has 1 N–H and O–H groups in total. The third-order valence-corrected chi connectivity index (χ3v) is 4.36. The highest BCUT2D eigenvalue weighted by molar-refractivity contribution is 5.85. The first kappa shape index (κ1) is 13.3. The van der Waals surface area contributed by atoms with Crippen molar-refractivity contribution in [1.29, 1.82) is 0 Å². The summed E-state index contributed by atoms with van der Waals surface area (Å²) in [5.74, 6) is -1.50. The van der Waals surface area contributed by atoms with Gasteiger partial charge in [0.1, 0.15) is 0 Å². The molecule has 3 atom stereocenters. The van der Waals surface area contributed by atoms with E-state index in [-0.39, 0.29) is 11.8 Å². The molecule has 2 aliphatic rings. The van der Waals surface area contributed by atoms with Gasteiger partial charge in [-0.15, -0.1) is 0 Å². The average Bonchev–Trinajstić information content (AvgIpc) is 2.97. The van der Waals surface area contributed by atoms with Crippen LogP contribution >= 0.6 is 0 Å². The summed E-state index contributed by atoms with van der Waals surface area (Å²) in [7, 11) is 4.04. The molecule has 0 aromatic heterocycles. The fourth-order valence-electron chi connectivity index (χ4n) is 3.15. The number of hydrogen-bond acceptors (Lipinski definition) is 3. The third-order valence-electron chi connectivity index (χ3n) is 4.36. The Bertz CT molecular complexity index is 343. The number of carboxylic acid groups (broad SMARTS) is 1. The number of hydrogen-bond donors (Lipinski definition) is 1. The second-order valence-electron chi connectivity index (χ2n) is 5.67. The normalized spacial score (nSPS) is 32.2. The number of likely N-dealkylation sites (N-methyl/N-ethyl adjacent to an activating group) is 1. The standard InChI is InChI=1S/C13H22N2O3/c1-14(2)9-6-7-15(8-9)12(16)10-4-3-5-11(10)13(17)18/h9-11H,3-8H2,1-2H3,(H,17,18). The highest BCUT2D eigenvalue weighted by Crippen LogP contribution is 2.34. The van der Waals surface area contributed by atoms with E-state index >= 15 is 0 Å². The van der Waals surface area contributed by atoms with Crippen molar-refractivity contribution >= 4 is 11.9 Å². The summed E-state index contributed by atoms with van der Waals surface area (Å²) < 4.78 is 0. The summed E-state index contributed by atoms with van der Waals surface area (Å²) in [6, 6.07) is 0.415. The molecule has 3 unspecified atom stereocenters. The Hall–Kier alpha value is -1.10. The van der Waals surface area contributed by atoms with Crippen LogP contribution in [0.4, 0.5) is 0 Å². The van der Waals surface area contributed by atoms with E-state index in [2.05, 4.69) is 4.90 Å². The van der Waals surface area contributed by atoms with Crippen LogP contribution < -0.4 is 0 Å². The lowest BCUT2D eigenvalue weighted by molar-refractivity contribution is -0.148. The number of carbonyl (C=O) groups excluding carboxylic acids is 1. The van der Waals surface area contributed by atoms with E-state index in [0.29, 0.717) is 12.5 Å². The summed E-state index contributed by atoms with van der Waals surface area (Å²) in [5.41, 5.74) is 0. The number of aliphatic carboxylic acids is 1. The Labute approximate surface area is 108 Å². The molecule has 1 aliphatic heterocycles. The highest BCUT2D eigenvalue weighted by atomic mass is 16.4. The Balaban J connectivity index is 1.98. The number of nitrogens with zero attached hydrogens (tertiary/aromatic N) is 2. The predicted molar refractivity (Wildman–Crippen MR) is 67.1 cm³/mol. The van der Waals surface area contributed by atoms with Gasteiger partial charge in [0.2, 0.25) is 5.91 Å². The van der Waals surface area contributed by atoms with Crippen LogP contribution in [0.1, 0.15) is 25.7 Å². The number of amides is 1. The second-order valence-corrected chi connectivity index (χ2v) is 5.67. The molecule has 1 aliphatic carbocycles. The van der Waals surface area contributed by atoms with Crippen molar-refractivity contribution in [3.63, 3.8) is 0 Å². The Morgan fingerprint density at radius 1 is 1.17 bits per heavy atom. The Morgan fingerprint density at radius 3 is 2.39 bits per heavy atom. The Kier molecular flexibility index (Phi) is 3.90. The highest BCUT2D eigenvalue weighted by Gasteiger charge is 2.41. The zero-order chi connectivity index (χ0) is 13.3. The van der Waals surface area contributed by atoms with Crippen LogP contribution in [0, 0.1) is 11.8 Å². The van der Waals surface area contributed by atoms with Crippen molar-refractivity contribution < 1.29 is 14.7 Å². The zero-order valence-corrected chi connectivity index (χ0v) is 11.1. The van der Waals surface area contributed by atoms with Gasteiger partial charge in [-0.25, -0.2) is 0 Å². The molecular weight excluding hydrogens is 232 g/mol. The quantitative estimate of drug-likeness (QED) is 0.803. The lowest BCUT2D eigenvalue weighted by atomic mass is 9.95. The van der Waals surface area contributed by atoms with Crippen molar-refractivity contribution in [2.24, 2.45) is 11.8 Å². The molecule has 0 aromatic carbocycles. The minimum absolute atomic E-state index is 0.0595. The summed E-state index contributed by atoms with van der Waals surface area (Å²) in [6.07, 6.45) is 3.23. The number of carboxylic acids is 1. The van der Waals surface area contributed by atoms with Gasteiger partial charge in [0.15, 0.2) is 0 Å². The largest absolute Gasteiger partial charge is 0.481 e. The molecule has 0 spiro atoms. The zero-order valence-electron chi connectivity index (χ0n) is 11.1. The maximum absolute atomic E-state index is 12.4. The molecule has 1 heterocycles. The van der Waals surface area contributed by atoms with Gasteiger partial charge in [-0.3, -0.25) is 9.59 Å². The van der Waals surface area contributed by atoms with Gasteiger partial charge in [0.05, 0.1) is 11.8 Å².